The highest BCUT2D eigenvalue weighted by Crippen LogP contribution is 2.18. The number of rotatable bonds is 2. The van der Waals surface area contributed by atoms with Crippen LogP contribution in [0.5, 0.6) is 0 Å². The van der Waals surface area contributed by atoms with Crippen LogP contribution in [0.1, 0.15) is 18.1 Å². The van der Waals surface area contributed by atoms with Crippen molar-refractivity contribution in [3.63, 3.8) is 0 Å². The van der Waals surface area contributed by atoms with Crippen molar-refractivity contribution in [2.24, 2.45) is 5.73 Å². The van der Waals surface area contributed by atoms with E-state index >= 15 is 0 Å². The van der Waals surface area contributed by atoms with Gasteiger partial charge in [-0.1, -0.05) is 0 Å². The first kappa shape index (κ1) is 12.7. The minimum absolute atomic E-state index is 0.245. The van der Waals surface area contributed by atoms with Gasteiger partial charge in [-0.2, -0.15) is 10.5 Å². The van der Waals surface area contributed by atoms with E-state index in [9.17, 15) is 4.79 Å². The molecular formula is C12H12N4O. The maximum absolute atomic E-state index is 11.7. The highest BCUT2D eigenvalue weighted by atomic mass is 16.2. The molecule has 1 aromatic carbocycles. The van der Waals surface area contributed by atoms with Gasteiger partial charge in [0.05, 0.1) is 17.2 Å². The largest absolute Gasteiger partial charge is 0.320 e. The van der Waals surface area contributed by atoms with Gasteiger partial charge in [0.1, 0.15) is 12.1 Å². The molecule has 2 N–H and O–H groups in total. The number of nitrogens with zero attached hydrogens (tertiary/aromatic N) is 3. The van der Waals surface area contributed by atoms with Crippen LogP contribution in [-0.2, 0) is 4.79 Å². The Morgan fingerprint density at radius 1 is 1.35 bits per heavy atom. The molecular weight excluding hydrogens is 216 g/mol. The number of hydrogen-bond donors (Lipinski definition) is 1. The normalized spacial score (nSPS) is 11.1. The average Bonchev–Trinajstić information content (AvgIpc) is 2.35. The molecule has 0 aromatic heterocycles. The summed E-state index contributed by atoms with van der Waals surface area (Å²) in [6.45, 7) is 1.59. The van der Waals surface area contributed by atoms with Crippen LogP contribution in [-0.4, -0.2) is 19.0 Å². The summed E-state index contributed by atoms with van der Waals surface area (Å²) in [5.74, 6) is -0.251. The maximum Gasteiger partial charge on any atom is 0.243 e. The minimum atomic E-state index is -0.610. The summed E-state index contributed by atoms with van der Waals surface area (Å²) in [5, 5.41) is 17.6. The van der Waals surface area contributed by atoms with Gasteiger partial charge in [-0.15, -0.1) is 0 Å². The fraction of sp³-hybridized carbons (Fsp3) is 0.250. The van der Waals surface area contributed by atoms with Crippen LogP contribution in [0.4, 0.5) is 5.69 Å². The number of nitriles is 2. The Morgan fingerprint density at radius 3 is 2.41 bits per heavy atom. The molecule has 0 fully saturated rings. The lowest BCUT2D eigenvalue weighted by Crippen LogP contribution is -2.39. The summed E-state index contributed by atoms with van der Waals surface area (Å²) < 4.78 is 0. The smallest absolute Gasteiger partial charge is 0.243 e. The number of amides is 1. The van der Waals surface area contributed by atoms with Gasteiger partial charge in [-0.25, -0.2) is 0 Å². The topological polar surface area (TPSA) is 93.9 Å². The highest BCUT2D eigenvalue weighted by Gasteiger charge is 2.16. The molecule has 0 saturated carbocycles. The molecule has 5 heteroatoms. The van der Waals surface area contributed by atoms with Gasteiger partial charge in [0.15, 0.2) is 0 Å². The first-order valence-electron chi connectivity index (χ1n) is 4.98. The van der Waals surface area contributed by atoms with E-state index in [0.29, 0.717) is 5.69 Å². The number of carbonyl (C=O) groups is 1. The Hall–Kier alpha value is -2.37. The SMILES string of the molecule is C[C@H](N)C(=O)N(C)c1ccc(C#N)c(C#N)c1. The number of benzene rings is 1. The lowest BCUT2D eigenvalue weighted by Gasteiger charge is -2.19. The van der Waals surface area contributed by atoms with Crippen molar-refractivity contribution >= 4 is 11.6 Å². The Kier molecular flexibility index (Phi) is 3.82. The summed E-state index contributed by atoms with van der Waals surface area (Å²) in [7, 11) is 1.58. The molecule has 0 saturated heterocycles. The fourth-order valence-corrected chi connectivity index (χ4v) is 1.36. The summed E-state index contributed by atoms with van der Waals surface area (Å²) in [6, 6.07) is 7.84. The van der Waals surface area contributed by atoms with E-state index in [1.54, 1.807) is 20.0 Å². The second-order valence-corrected chi connectivity index (χ2v) is 3.64. The predicted octanol–water partition coefficient (Wildman–Crippen LogP) is 0.740. The molecule has 5 nitrogen and oxygen atoms in total. The van der Waals surface area contributed by atoms with Crippen molar-refractivity contribution in [1.82, 2.24) is 0 Å². The molecule has 0 aliphatic rings. The van der Waals surface area contributed by atoms with Crippen molar-refractivity contribution in [1.29, 1.82) is 10.5 Å². The zero-order chi connectivity index (χ0) is 13.0. The molecule has 86 valence electrons. The van der Waals surface area contributed by atoms with Crippen LogP contribution in [0, 0.1) is 22.7 Å². The molecule has 1 amide bonds. The Morgan fingerprint density at radius 2 is 1.94 bits per heavy atom. The molecule has 0 unspecified atom stereocenters. The molecule has 0 spiro atoms. The van der Waals surface area contributed by atoms with E-state index in [1.807, 2.05) is 12.1 Å². The number of nitrogens with two attached hydrogens (primary N) is 1. The lowest BCUT2D eigenvalue weighted by molar-refractivity contribution is -0.119. The van der Waals surface area contributed by atoms with Gasteiger partial charge in [0.25, 0.3) is 0 Å². The van der Waals surface area contributed by atoms with Crippen molar-refractivity contribution < 1.29 is 4.79 Å². The summed E-state index contributed by atoms with van der Waals surface area (Å²) in [4.78, 5) is 13.0. The van der Waals surface area contributed by atoms with Crippen LogP contribution < -0.4 is 10.6 Å². The minimum Gasteiger partial charge on any atom is -0.320 e. The molecule has 0 radical (unpaired) electrons. The predicted molar refractivity (Wildman–Crippen MR) is 62.9 cm³/mol. The molecule has 0 aliphatic heterocycles. The molecule has 1 rings (SSSR count). The first-order valence-corrected chi connectivity index (χ1v) is 4.98. The van der Waals surface area contributed by atoms with Gasteiger partial charge in [0.2, 0.25) is 5.91 Å². The van der Waals surface area contributed by atoms with Crippen molar-refractivity contribution in [2.45, 2.75) is 13.0 Å². The lowest BCUT2D eigenvalue weighted by atomic mass is 10.1. The third kappa shape index (κ3) is 2.60. The van der Waals surface area contributed by atoms with E-state index in [4.69, 9.17) is 16.3 Å². The quantitative estimate of drug-likeness (QED) is 0.807. The van der Waals surface area contributed by atoms with Crippen molar-refractivity contribution in [3.05, 3.63) is 29.3 Å². The second kappa shape index (κ2) is 5.11. The van der Waals surface area contributed by atoms with Gasteiger partial charge in [-0.05, 0) is 25.1 Å². The fourth-order valence-electron chi connectivity index (χ4n) is 1.36. The number of likely N-dealkylation sites (N-methyl/N-ethyl adjacent to an activating group) is 1. The first-order chi connectivity index (χ1) is 8.01. The Balaban J connectivity index is 3.14. The van der Waals surface area contributed by atoms with E-state index < -0.39 is 6.04 Å². The second-order valence-electron chi connectivity index (χ2n) is 3.64. The van der Waals surface area contributed by atoms with Crippen molar-refractivity contribution in [2.75, 3.05) is 11.9 Å². The Labute approximate surface area is 99.7 Å². The standard InChI is InChI=1S/C12H12N4O/c1-8(15)12(17)16(2)11-4-3-9(6-13)10(5-11)7-14/h3-5,8H,15H2,1-2H3/t8-/m0/s1. The maximum atomic E-state index is 11.7. The number of hydrogen-bond acceptors (Lipinski definition) is 4. The Bertz CT molecular complexity index is 522. The van der Waals surface area contributed by atoms with E-state index in [2.05, 4.69) is 0 Å². The van der Waals surface area contributed by atoms with Gasteiger partial charge >= 0.3 is 0 Å². The zero-order valence-electron chi connectivity index (χ0n) is 9.64. The molecule has 17 heavy (non-hydrogen) atoms. The van der Waals surface area contributed by atoms with E-state index in [1.165, 1.54) is 17.0 Å². The van der Waals surface area contributed by atoms with Crippen LogP contribution in [0.3, 0.4) is 0 Å². The third-order valence-corrected chi connectivity index (χ3v) is 2.35. The summed E-state index contributed by atoms with van der Waals surface area (Å²) in [6.07, 6.45) is 0. The van der Waals surface area contributed by atoms with Crippen LogP contribution in [0.15, 0.2) is 18.2 Å². The molecule has 1 atom stereocenters. The van der Waals surface area contributed by atoms with E-state index in [0.717, 1.165) is 0 Å². The van der Waals surface area contributed by atoms with Crippen LogP contribution in [0.25, 0.3) is 0 Å². The van der Waals surface area contributed by atoms with Gasteiger partial charge in [-0.3, -0.25) is 4.79 Å². The van der Waals surface area contributed by atoms with E-state index in [-0.39, 0.29) is 17.0 Å². The number of anilines is 1. The van der Waals surface area contributed by atoms with Crippen LogP contribution in [0.2, 0.25) is 0 Å². The van der Waals surface area contributed by atoms with Gasteiger partial charge < -0.3 is 10.6 Å². The number of carbonyl (C=O) groups excluding carboxylic acids is 1. The highest BCUT2D eigenvalue weighted by molar-refractivity contribution is 5.96. The summed E-state index contributed by atoms with van der Waals surface area (Å²) in [5.41, 5.74) is 6.57. The molecule has 0 bridgehead atoms. The average molecular weight is 228 g/mol. The van der Waals surface area contributed by atoms with Gasteiger partial charge in [0, 0.05) is 12.7 Å². The molecule has 0 heterocycles. The molecule has 1 aromatic rings. The third-order valence-electron chi connectivity index (χ3n) is 2.35. The van der Waals surface area contributed by atoms with Crippen molar-refractivity contribution in [3.8, 4) is 12.1 Å². The summed E-state index contributed by atoms with van der Waals surface area (Å²) >= 11 is 0. The molecule has 0 aliphatic carbocycles. The zero-order valence-corrected chi connectivity index (χ0v) is 9.64. The van der Waals surface area contributed by atoms with Crippen LogP contribution >= 0.6 is 0 Å². The monoisotopic (exact) mass is 228 g/mol.